The van der Waals surface area contributed by atoms with Crippen LogP contribution in [0.2, 0.25) is 0 Å². The van der Waals surface area contributed by atoms with Crippen LogP contribution in [-0.2, 0) is 9.53 Å². The van der Waals surface area contributed by atoms with E-state index in [0.29, 0.717) is 4.88 Å². The summed E-state index contributed by atoms with van der Waals surface area (Å²) in [5.41, 5.74) is 6.29. The first-order valence-corrected chi connectivity index (χ1v) is 7.29. The number of nitrogens with one attached hydrogen (secondary N) is 1. The Bertz CT molecular complexity index is 658. The van der Waals surface area contributed by atoms with E-state index in [2.05, 4.69) is 31.0 Å². The Kier molecular flexibility index (Phi) is 4.69. The van der Waals surface area contributed by atoms with Gasteiger partial charge in [-0.25, -0.2) is 0 Å². The molecular formula is C12H12BrN3O3S. The third-order valence-electron chi connectivity index (χ3n) is 2.57. The van der Waals surface area contributed by atoms with Gasteiger partial charge in [-0.1, -0.05) is 0 Å². The number of hydrogen-bond acceptors (Lipinski definition) is 6. The fraction of sp³-hybridized carbons (Fsp3) is 0.250. The van der Waals surface area contributed by atoms with Crippen LogP contribution in [0.25, 0.3) is 10.2 Å². The van der Waals surface area contributed by atoms with Crippen molar-refractivity contribution < 1.29 is 14.3 Å². The molecule has 0 fully saturated rings. The minimum atomic E-state index is -0.872. The van der Waals surface area contributed by atoms with Crippen LogP contribution in [0, 0.1) is 0 Å². The lowest BCUT2D eigenvalue weighted by Gasteiger charge is -2.09. The largest absolute Gasteiger partial charge is 0.468 e. The quantitative estimate of drug-likeness (QED) is 0.804. The van der Waals surface area contributed by atoms with E-state index in [0.717, 1.165) is 14.7 Å². The summed E-state index contributed by atoms with van der Waals surface area (Å²) in [4.78, 5) is 27.8. The van der Waals surface area contributed by atoms with Gasteiger partial charge in [-0.15, -0.1) is 11.3 Å². The normalized spacial score (nSPS) is 12.2. The number of nitrogens with two attached hydrogens (primary N) is 1. The number of fused-ring (bicyclic) bond motifs is 1. The van der Waals surface area contributed by atoms with Crippen LogP contribution < -0.4 is 11.1 Å². The molecule has 1 atom stereocenters. The molecule has 0 spiro atoms. The van der Waals surface area contributed by atoms with Crippen LogP contribution >= 0.6 is 27.3 Å². The fourth-order valence-electron chi connectivity index (χ4n) is 1.54. The van der Waals surface area contributed by atoms with Gasteiger partial charge >= 0.3 is 5.97 Å². The summed E-state index contributed by atoms with van der Waals surface area (Å²) >= 11 is 4.73. The molecule has 106 valence electrons. The minimum absolute atomic E-state index is 0.0222. The Hall–Kier alpha value is -1.51. The number of thiophene rings is 1. The molecule has 0 aromatic carbocycles. The topological polar surface area (TPSA) is 94.3 Å². The first kappa shape index (κ1) is 14.9. The molecule has 1 amide bonds. The van der Waals surface area contributed by atoms with Crippen LogP contribution in [0.3, 0.4) is 0 Å². The van der Waals surface area contributed by atoms with Gasteiger partial charge in [0.2, 0.25) is 0 Å². The predicted octanol–water partition coefficient (Wildman–Crippen LogP) is 1.29. The average Bonchev–Trinajstić information content (AvgIpc) is 2.89. The SMILES string of the molecule is COC(=O)C(N)CNC(=O)c1cc2nccc(Br)c2s1. The smallest absolute Gasteiger partial charge is 0.324 e. The summed E-state index contributed by atoms with van der Waals surface area (Å²) in [6, 6.07) is 2.64. The van der Waals surface area contributed by atoms with Gasteiger partial charge in [0.1, 0.15) is 6.04 Å². The highest BCUT2D eigenvalue weighted by molar-refractivity contribution is 9.10. The lowest BCUT2D eigenvalue weighted by atomic mass is 10.3. The van der Waals surface area contributed by atoms with E-state index in [1.807, 2.05) is 6.07 Å². The molecule has 2 aromatic heterocycles. The maximum atomic E-state index is 12.0. The van der Waals surface area contributed by atoms with Crippen LogP contribution in [0.5, 0.6) is 0 Å². The molecule has 2 rings (SSSR count). The van der Waals surface area contributed by atoms with E-state index in [1.54, 1.807) is 12.3 Å². The van der Waals surface area contributed by atoms with Crippen LogP contribution in [0.1, 0.15) is 9.67 Å². The Labute approximate surface area is 127 Å². The lowest BCUT2D eigenvalue weighted by Crippen LogP contribution is -2.42. The fourth-order valence-corrected chi connectivity index (χ4v) is 3.04. The molecule has 0 aliphatic carbocycles. The molecule has 20 heavy (non-hydrogen) atoms. The number of hydrogen-bond donors (Lipinski definition) is 2. The molecule has 0 aliphatic rings. The van der Waals surface area contributed by atoms with Gasteiger partial charge < -0.3 is 15.8 Å². The van der Waals surface area contributed by atoms with E-state index in [-0.39, 0.29) is 12.5 Å². The number of amides is 1. The van der Waals surface area contributed by atoms with Gasteiger partial charge in [-0.05, 0) is 28.1 Å². The monoisotopic (exact) mass is 357 g/mol. The lowest BCUT2D eigenvalue weighted by molar-refractivity contribution is -0.141. The second-order valence-electron chi connectivity index (χ2n) is 3.96. The van der Waals surface area contributed by atoms with Crippen molar-refractivity contribution in [2.45, 2.75) is 6.04 Å². The number of carbonyl (C=O) groups excluding carboxylic acids is 2. The molecular weight excluding hydrogens is 346 g/mol. The Morgan fingerprint density at radius 1 is 1.60 bits per heavy atom. The zero-order valence-corrected chi connectivity index (χ0v) is 13.0. The molecule has 0 saturated heterocycles. The van der Waals surface area contributed by atoms with Crippen LogP contribution in [0.15, 0.2) is 22.8 Å². The number of methoxy groups -OCH3 is 1. The second-order valence-corrected chi connectivity index (χ2v) is 5.86. The summed E-state index contributed by atoms with van der Waals surface area (Å²) in [5, 5.41) is 2.60. The maximum Gasteiger partial charge on any atom is 0.324 e. The Balaban J connectivity index is 2.08. The third kappa shape index (κ3) is 3.14. The first-order valence-electron chi connectivity index (χ1n) is 5.68. The molecule has 1 unspecified atom stereocenters. The average molecular weight is 358 g/mol. The minimum Gasteiger partial charge on any atom is -0.468 e. The van der Waals surface area contributed by atoms with Crippen molar-refractivity contribution in [2.75, 3.05) is 13.7 Å². The van der Waals surface area contributed by atoms with E-state index in [9.17, 15) is 9.59 Å². The van der Waals surface area contributed by atoms with Crippen molar-refractivity contribution >= 4 is 49.4 Å². The molecule has 2 heterocycles. The Morgan fingerprint density at radius 2 is 2.35 bits per heavy atom. The number of halogens is 1. The van der Waals surface area contributed by atoms with Crippen molar-refractivity contribution in [3.63, 3.8) is 0 Å². The highest BCUT2D eigenvalue weighted by Crippen LogP contribution is 2.30. The zero-order valence-electron chi connectivity index (χ0n) is 10.6. The van der Waals surface area contributed by atoms with Gasteiger partial charge in [-0.2, -0.15) is 0 Å². The standard InChI is InChI=1S/C12H12BrN3O3S/c1-19-12(18)7(14)5-16-11(17)9-4-8-10(20-9)6(13)2-3-15-8/h2-4,7H,5,14H2,1H3,(H,16,17). The molecule has 0 radical (unpaired) electrons. The molecule has 2 aromatic rings. The van der Waals surface area contributed by atoms with E-state index in [4.69, 9.17) is 5.73 Å². The summed E-state index contributed by atoms with van der Waals surface area (Å²) in [6.45, 7) is 0.0222. The van der Waals surface area contributed by atoms with Crippen molar-refractivity contribution in [3.8, 4) is 0 Å². The summed E-state index contributed by atoms with van der Waals surface area (Å²) in [6.07, 6.45) is 1.66. The van der Waals surface area contributed by atoms with Gasteiger partial charge in [0.05, 0.1) is 22.2 Å². The predicted molar refractivity (Wildman–Crippen MR) is 79.6 cm³/mol. The highest BCUT2D eigenvalue weighted by Gasteiger charge is 2.17. The Morgan fingerprint density at radius 3 is 3.00 bits per heavy atom. The number of esters is 1. The van der Waals surface area contributed by atoms with Gasteiger partial charge in [0.15, 0.2) is 0 Å². The molecule has 0 saturated carbocycles. The van der Waals surface area contributed by atoms with E-state index >= 15 is 0 Å². The number of nitrogens with zero attached hydrogens (tertiary/aromatic N) is 1. The van der Waals surface area contributed by atoms with Crippen molar-refractivity contribution in [1.82, 2.24) is 10.3 Å². The summed E-state index contributed by atoms with van der Waals surface area (Å²) < 4.78 is 6.27. The second kappa shape index (κ2) is 6.29. The van der Waals surface area contributed by atoms with Gasteiger partial charge in [-0.3, -0.25) is 14.6 Å². The van der Waals surface area contributed by atoms with E-state index in [1.165, 1.54) is 18.4 Å². The molecule has 6 nitrogen and oxygen atoms in total. The molecule has 3 N–H and O–H groups in total. The maximum absolute atomic E-state index is 12.0. The van der Waals surface area contributed by atoms with Crippen molar-refractivity contribution in [2.24, 2.45) is 5.73 Å². The highest BCUT2D eigenvalue weighted by atomic mass is 79.9. The van der Waals surface area contributed by atoms with Crippen molar-refractivity contribution in [3.05, 3.63) is 27.7 Å². The third-order valence-corrected chi connectivity index (χ3v) is 4.65. The van der Waals surface area contributed by atoms with Crippen LogP contribution in [0.4, 0.5) is 0 Å². The molecule has 0 bridgehead atoms. The van der Waals surface area contributed by atoms with Gasteiger partial charge in [0.25, 0.3) is 5.91 Å². The summed E-state index contributed by atoms with van der Waals surface area (Å²) in [7, 11) is 1.25. The number of carbonyl (C=O) groups is 2. The van der Waals surface area contributed by atoms with Gasteiger partial charge in [0, 0.05) is 17.2 Å². The molecule has 8 heteroatoms. The van der Waals surface area contributed by atoms with Crippen molar-refractivity contribution in [1.29, 1.82) is 0 Å². The number of pyridine rings is 1. The summed E-state index contributed by atoms with van der Waals surface area (Å²) in [5.74, 6) is -0.856. The number of ether oxygens (including phenoxy) is 1. The number of aromatic nitrogens is 1. The van der Waals surface area contributed by atoms with E-state index < -0.39 is 12.0 Å². The first-order chi connectivity index (χ1) is 9.52. The number of rotatable bonds is 4. The zero-order chi connectivity index (χ0) is 14.7. The van der Waals surface area contributed by atoms with Crippen LogP contribution in [-0.4, -0.2) is 36.6 Å². The molecule has 0 aliphatic heterocycles.